The largest absolute Gasteiger partial charge is 0.505 e. The van der Waals surface area contributed by atoms with Crippen LogP contribution in [0.15, 0.2) is 6.07 Å². The minimum Gasteiger partial charge on any atom is -0.505 e. The van der Waals surface area contributed by atoms with Gasteiger partial charge >= 0.3 is 0 Å². The maximum Gasteiger partial charge on any atom is 0.203 e. The van der Waals surface area contributed by atoms with Crippen molar-refractivity contribution >= 4 is 0 Å². The molecule has 5 N–H and O–H groups in total. The molecule has 0 saturated heterocycles. The Bertz CT molecular complexity index is 357. The Morgan fingerprint density at radius 1 is 1.29 bits per heavy atom. The number of rotatable bonds is 2. The minimum atomic E-state index is -1.73. The average Bonchev–Trinajstić information content (AvgIpc) is 2.19. The van der Waals surface area contributed by atoms with Gasteiger partial charge in [0.2, 0.25) is 5.82 Å². The third-order valence-corrected chi connectivity index (χ3v) is 1.82. The van der Waals surface area contributed by atoms with Crippen molar-refractivity contribution in [1.29, 1.82) is 0 Å². The molecule has 0 aliphatic rings. The second-order valence-electron chi connectivity index (χ2n) is 2.77. The first-order chi connectivity index (χ1) is 6.49. The Kier molecular flexibility index (Phi) is 2.97. The summed E-state index contributed by atoms with van der Waals surface area (Å²) in [6, 6.07) is -0.301. The van der Waals surface area contributed by atoms with E-state index in [1.807, 2.05) is 0 Å². The fourth-order valence-electron chi connectivity index (χ4n) is 1.01. The predicted octanol–water partition coefficient (Wildman–Crippen LogP) is 0.768. The van der Waals surface area contributed by atoms with E-state index in [1.54, 1.807) is 0 Å². The van der Waals surface area contributed by atoms with Crippen LogP contribution in [0.4, 0.5) is 13.2 Å². The van der Waals surface area contributed by atoms with Gasteiger partial charge in [-0.05, 0) is 6.07 Å². The van der Waals surface area contributed by atoms with Crippen LogP contribution in [0, 0.1) is 17.5 Å². The molecule has 1 aromatic rings. The average molecular weight is 206 g/mol. The lowest BCUT2D eigenvalue weighted by molar-refractivity contribution is 0.378. The standard InChI is InChI=1S/C8H9F3N2O/c9-4-1-3(5(13)2-12)8(14)7(11)6(4)10/h1,5,14H,2,12-13H2/t5-/m0/s1. The Morgan fingerprint density at radius 3 is 2.36 bits per heavy atom. The molecule has 0 amide bonds. The third-order valence-electron chi connectivity index (χ3n) is 1.82. The van der Waals surface area contributed by atoms with Crippen molar-refractivity contribution in [2.75, 3.05) is 6.54 Å². The first-order valence-electron chi connectivity index (χ1n) is 3.81. The highest BCUT2D eigenvalue weighted by Gasteiger charge is 2.20. The predicted molar refractivity (Wildman–Crippen MR) is 44.0 cm³/mol. The molecule has 0 aromatic heterocycles. The van der Waals surface area contributed by atoms with Gasteiger partial charge < -0.3 is 16.6 Å². The molecule has 78 valence electrons. The summed E-state index contributed by atoms with van der Waals surface area (Å²) < 4.78 is 38.0. The van der Waals surface area contributed by atoms with Crippen LogP contribution in [-0.2, 0) is 0 Å². The molecule has 14 heavy (non-hydrogen) atoms. The number of nitrogens with two attached hydrogens (primary N) is 2. The monoisotopic (exact) mass is 206 g/mol. The number of halogens is 3. The summed E-state index contributed by atoms with van der Waals surface area (Å²) in [6.45, 7) is -0.113. The van der Waals surface area contributed by atoms with Gasteiger partial charge in [0.15, 0.2) is 17.4 Å². The highest BCUT2D eigenvalue weighted by atomic mass is 19.2. The van der Waals surface area contributed by atoms with Crippen molar-refractivity contribution in [3.8, 4) is 5.75 Å². The molecule has 0 radical (unpaired) electrons. The van der Waals surface area contributed by atoms with Crippen LogP contribution in [0.25, 0.3) is 0 Å². The van der Waals surface area contributed by atoms with Gasteiger partial charge in [0.1, 0.15) is 0 Å². The SMILES string of the molecule is NC[C@H](N)c1cc(F)c(F)c(F)c1O. The first-order valence-corrected chi connectivity index (χ1v) is 3.81. The molecule has 0 unspecified atom stereocenters. The van der Waals surface area contributed by atoms with E-state index in [2.05, 4.69) is 0 Å². The molecule has 0 fully saturated rings. The summed E-state index contributed by atoms with van der Waals surface area (Å²) in [5.41, 5.74) is 10.2. The summed E-state index contributed by atoms with van der Waals surface area (Å²) in [5.74, 6) is -5.78. The number of phenolic OH excluding ortho intramolecular Hbond substituents is 1. The van der Waals surface area contributed by atoms with Gasteiger partial charge in [0.05, 0.1) is 0 Å². The smallest absolute Gasteiger partial charge is 0.203 e. The molecule has 0 aliphatic heterocycles. The van der Waals surface area contributed by atoms with E-state index in [4.69, 9.17) is 16.6 Å². The van der Waals surface area contributed by atoms with Gasteiger partial charge in [-0.25, -0.2) is 8.78 Å². The third kappa shape index (κ3) is 1.66. The summed E-state index contributed by atoms with van der Waals surface area (Å²) in [4.78, 5) is 0. The first kappa shape index (κ1) is 10.8. The van der Waals surface area contributed by atoms with Crippen LogP contribution in [-0.4, -0.2) is 11.7 Å². The molecule has 0 aliphatic carbocycles. The Hall–Kier alpha value is -1.27. The highest BCUT2D eigenvalue weighted by Crippen LogP contribution is 2.29. The van der Waals surface area contributed by atoms with Crippen molar-refractivity contribution in [1.82, 2.24) is 0 Å². The minimum absolute atomic E-state index is 0.113. The summed E-state index contributed by atoms with van der Waals surface area (Å²) >= 11 is 0. The summed E-state index contributed by atoms with van der Waals surface area (Å²) in [6.07, 6.45) is 0. The lowest BCUT2D eigenvalue weighted by Gasteiger charge is -2.12. The molecule has 1 aromatic carbocycles. The lowest BCUT2D eigenvalue weighted by Crippen LogP contribution is -2.21. The van der Waals surface area contributed by atoms with E-state index in [0.717, 1.165) is 0 Å². The molecular formula is C8H9F3N2O. The zero-order valence-electron chi connectivity index (χ0n) is 7.10. The topological polar surface area (TPSA) is 72.3 Å². The zero-order valence-corrected chi connectivity index (χ0v) is 7.10. The van der Waals surface area contributed by atoms with Gasteiger partial charge in [0.25, 0.3) is 0 Å². The lowest BCUT2D eigenvalue weighted by atomic mass is 10.1. The molecular weight excluding hydrogens is 197 g/mol. The molecule has 1 rings (SSSR count). The Morgan fingerprint density at radius 2 is 1.86 bits per heavy atom. The Balaban J connectivity index is 3.33. The van der Waals surface area contributed by atoms with Crippen LogP contribution < -0.4 is 11.5 Å². The van der Waals surface area contributed by atoms with E-state index >= 15 is 0 Å². The van der Waals surface area contributed by atoms with Crippen LogP contribution in [0.3, 0.4) is 0 Å². The summed E-state index contributed by atoms with van der Waals surface area (Å²) in [7, 11) is 0. The second-order valence-corrected chi connectivity index (χ2v) is 2.77. The van der Waals surface area contributed by atoms with Gasteiger partial charge in [-0.15, -0.1) is 0 Å². The van der Waals surface area contributed by atoms with Crippen molar-refractivity contribution in [3.05, 3.63) is 29.1 Å². The normalized spacial score (nSPS) is 12.9. The molecule has 0 bridgehead atoms. The second kappa shape index (κ2) is 3.85. The van der Waals surface area contributed by atoms with Crippen LogP contribution in [0.5, 0.6) is 5.75 Å². The maximum atomic E-state index is 12.8. The molecule has 0 heterocycles. The maximum absolute atomic E-state index is 12.8. The number of hydrogen-bond donors (Lipinski definition) is 3. The van der Waals surface area contributed by atoms with Crippen LogP contribution >= 0.6 is 0 Å². The molecule has 0 spiro atoms. The number of benzene rings is 1. The fourth-order valence-corrected chi connectivity index (χ4v) is 1.01. The van der Waals surface area contributed by atoms with Crippen molar-refractivity contribution < 1.29 is 18.3 Å². The van der Waals surface area contributed by atoms with Crippen molar-refractivity contribution in [2.24, 2.45) is 11.5 Å². The van der Waals surface area contributed by atoms with E-state index in [9.17, 15) is 13.2 Å². The molecule has 1 atom stereocenters. The number of phenols is 1. The van der Waals surface area contributed by atoms with Gasteiger partial charge in [-0.3, -0.25) is 0 Å². The molecule has 3 nitrogen and oxygen atoms in total. The van der Waals surface area contributed by atoms with Gasteiger partial charge in [-0.1, -0.05) is 0 Å². The van der Waals surface area contributed by atoms with E-state index in [1.165, 1.54) is 0 Å². The fraction of sp³-hybridized carbons (Fsp3) is 0.250. The number of aromatic hydroxyl groups is 1. The van der Waals surface area contributed by atoms with E-state index in [-0.39, 0.29) is 12.1 Å². The zero-order chi connectivity index (χ0) is 10.9. The van der Waals surface area contributed by atoms with Crippen molar-refractivity contribution in [2.45, 2.75) is 6.04 Å². The summed E-state index contributed by atoms with van der Waals surface area (Å²) in [5, 5.41) is 9.09. The van der Waals surface area contributed by atoms with E-state index < -0.39 is 29.2 Å². The number of hydrogen-bond acceptors (Lipinski definition) is 3. The Labute approximate surface area is 78.1 Å². The molecule has 0 saturated carbocycles. The van der Waals surface area contributed by atoms with Crippen molar-refractivity contribution in [3.63, 3.8) is 0 Å². The highest BCUT2D eigenvalue weighted by molar-refractivity contribution is 5.37. The molecule has 6 heteroatoms. The van der Waals surface area contributed by atoms with Gasteiger partial charge in [-0.2, -0.15) is 4.39 Å². The van der Waals surface area contributed by atoms with Crippen LogP contribution in [0.1, 0.15) is 11.6 Å². The van der Waals surface area contributed by atoms with E-state index in [0.29, 0.717) is 6.07 Å². The quantitative estimate of drug-likeness (QED) is 0.626. The van der Waals surface area contributed by atoms with Gasteiger partial charge in [0, 0.05) is 18.2 Å². The van der Waals surface area contributed by atoms with Crippen LogP contribution in [0.2, 0.25) is 0 Å².